The van der Waals surface area contributed by atoms with E-state index >= 15 is 0 Å². The Kier molecular flexibility index (Phi) is 3.59. The van der Waals surface area contributed by atoms with Crippen LogP contribution in [0.25, 0.3) is 28.2 Å². The number of rotatable bonds is 4. The van der Waals surface area contributed by atoms with Gasteiger partial charge in [-0.3, -0.25) is 0 Å². The first kappa shape index (κ1) is 14.3. The van der Waals surface area contributed by atoms with Crippen LogP contribution in [0.2, 0.25) is 0 Å². The highest BCUT2D eigenvalue weighted by Gasteiger charge is 2.10. The number of hydrogen-bond acceptors (Lipinski definition) is 3. The van der Waals surface area contributed by atoms with Gasteiger partial charge in [-0.1, -0.05) is 24.3 Å². The fourth-order valence-electron chi connectivity index (χ4n) is 2.74. The molecular weight excluding hydrogens is 298 g/mol. The van der Waals surface area contributed by atoms with Gasteiger partial charge in [-0.2, -0.15) is 0 Å². The van der Waals surface area contributed by atoms with Crippen molar-refractivity contribution in [1.29, 1.82) is 0 Å². The number of nitrogens with one attached hydrogen (secondary N) is 2. The van der Waals surface area contributed by atoms with E-state index in [9.17, 15) is 0 Å². The second-order valence-corrected chi connectivity index (χ2v) is 5.47. The van der Waals surface area contributed by atoms with Gasteiger partial charge in [0.2, 0.25) is 0 Å². The molecule has 0 aliphatic carbocycles. The number of aromatic amines is 1. The minimum atomic E-state index is 0.949. The van der Waals surface area contributed by atoms with Crippen LogP contribution in [-0.4, -0.2) is 26.6 Å². The second kappa shape index (κ2) is 6.04. The normalized spacial score (nSPS) is 10.7. The van der Waals surface area contributed by atoms with E-state index in [0.29, 0.717) is 0 Å². The number of imidazole rings is 2. The molecule has 0 aliphatic rings. The molecule has 2 heterocycles. The standard InChI is InChI=1S/C19H17N5/c1-20-16-6-2-14(3-7-16)18-19(23-12-22-18)15-4-8-17(9-5-15)24-11-10-21-13-24/h2-13,20H,1H3,(H,22,23). The third-order valence-electron chi connectivity index (χ3n) is 4.04. The summed E-state index contributed by atoms with van der Waals surface area (Å²) in [5.74, 6) is 0. The SMILES string of the molecule is CNc1ccc(-c2[nH]cnc2-c2ccc(-n3ccnc3)cc2)cc1. The molecule has 118 valence electrons. The van der Waals surface area contributed by atoms with Gasteiger partial charge in [0, 0.05) is 41.9 Å². The molecule has 4 aromatic rings. The van der Waals surface area contributed by atoms with Crippen LogP contribution in [0.1, 0.15) is 0 Å². The summed E-state index contributed by atoms with van der Waals surface area (Å²) < 4.78 is 1.98. The first-order valence-corrected chi connectivity index (χ1v) is 7.75. The van der Waals surface area contributed by atoms with Gasteiger partial charge in [-0.25, -0.2) is 9.97 Å². The molecule has 24 heavy (non-hydrogen) atoms. The van der Waals surface area contributed by atoms with Crippen molar-refractivity contribution >= 4 is 5.69 Å². The van der Waals surface area contributed by atoms with E-state index in [1.54, 1.807) is 18.9 Å². The van der Waals surface area contributed by atoms with Crippen molar-refractivity contribution in [2.24, 2.45) is 0 Å². The lowest BCUT2D eigenvalue weighted by Gasteiger charge is -2.07. The van der Waals surface area contributed by atoms with Crippen LogP contribution in [0, 0.1) is 0 Å². The van der Waals surface area contributed by atoms with Crippen LogP contribution in [0.3, 0.4) is 0 Å². The molecule has 0 saturated heterocycles. The molecule has 5 nitrogen and oxygen atoms in total. The number of H-pyrrole nitrogens is 1. The molecule has 0 saturated carbocycles. The van der Waals surface area contributed by atoms with Crippen molar-refractivity contribution in [2.75, 3.05) is 12.4 Å². The second-order valence-electron chi connectivity index (χ2n) is 5.47. The Morgan fingerprint density at radius 2 is 1.71 bits per heavy atom. The molecule has 0 amide bonds. The molecule has 0 radical (unpaired) electrons. The zero-order chi connectivity index (χ0) is 16.4. The molecule has 0 unspecified atom stereocenters. The highest BCUT2D eigenvalue weighted by molar-refractivity contribution is 5.79. The van der Waals surface area contributed by atoms with E-state index in [1.165, 1.54) is 0 Å². The lowest BCUT2D eigenvalue weighted by molar-refractivity contribution is 1.06. The van der Waals surface area contributed by atoms with Crippen molar-refractivity contribution in [2.45, 2.75) is 0 Å². The molecule has 2 aromatic carbocycles. The van der Waals surface area contributed by atoms with E-state index < -0.39 is 0 Å². The fourth-order valence-corrected chi connectivity index (χ4v) is 2.74. The summed E-state index contributed by atoms with van der Waals surface area (Å²) in [6, 6.07) is 16.6. The van der Waals surface area contributed by atoms with Crippen LogP contribution in [0.4, 0.5) is 5.69 Å². The highest BCUT2D eigenvalue weighted by Crippen LogP contribution is 2.30. The van der Waals surface area contributed by atoms with Crippen LogP contribution in [-0.2, 0) is 0 Å². The van der Waals surface area contributed by atoms with Crippen LogP contribution >= 0.6 is 0 Å². The van der Waals surface area contributed by atoms with E-state index in [0.717, 1.165) is 33.9 Å². The summed E-state index contributed by atoms with van der Waals surface area (Å²) in [7, 11) is 1.92. The lowest BCUT2D eigenvalue weighted by atomic mass is 10.0. The summed E-state index contributed by atoms with van der Waals surface area (Å²) in [5.41, 5.74) is 6.32. The number of aromatic nitrogens is 4. The summed E-state index contributed by atoms with van der Waals surface area (Å²) >= 11 is 0. The molecule has 5 heteroatoms. The minimum absolute atomic E-state index is 0.949. The van der Waals surface area contributed by atoms with Gasteiger partial charge in [0.05, 0.1) is 24.0 Å². The molecule has 0 fully saturated rings. The first-order chi connectivity index (χ1) is 11.8. The number of anilines is 1. The Labute approximate surface area is 140 Å². The smallest absolute Gasteiger partial charge is 0.0991 e. The minimum Gasteiger partial charge on any atom is -0.388 e. The van der Waals surface area contributed by atoms with E-state index in [1.807, 2.05) is 17.8 Å². The maximum atomic E-state index is 4.51. The predicted molar refractivity (Wildman–Crippen MR) is 96.1 cm³/mol. The van der Waals surface area contributed by atoms with Gasteiger partial charge in [0.15, 0.2) is 0 Å². The zero-order valence-corrected chi connectivity index (χ0v) is 13.3. The number of hydrogen-bond donors (Lipinski definition) is 2. The van der Waals surface area contributed by atoms with Crippen LogP contribution in [0.5, 0.6) is 0 Å². The van der Waals surface area contributed by atoms with Crippen LogP contribution < -0.4 is 5.32 Å². The Bertz CT molecular complexity index is 919. The maximum Gasteiger partial charge on any atom is 0.0991 e. The summed E-state index contributed by atoms with van der Waals surface area (Å²) in [6.45, 7) is 0. The molecule has 2 aromatic heterocycles. The third-order valence-corrected chi connectivity index (χ3v) is 4.04. The number of nitrogens with zero attached hydrogens (tertiary/aromatic N) is 3. The van der Waals surface area contributed by atoms with Crippen molar-refractivity contribution in [3.8, 4) is 28.2 Å². The predicted octanol–water partition coefficient (Wildman–Crippen LogP) is 3.97. The Balaban J connectivity index is 1.69. The topological polar surface area (TPSA) is 58.5 Å². The van der Waals surface area contributed by atoms with Gasteiger partial charge in [0.25, 0.3) is 0 Å². The van der Waals surface area contributed by atoms with Gasteiger partial charge < -0.3 is 14.9 Å². The van der Waals surface area contributed by atoms with Crippen molar-refractivity contribution in [3.05, 3.63) is 73.6 Å². The van der Waals surface area contributed by atoms with Gasteiger partial charge in [0.1, 0.15) is 0 Å². The molecular formula is C19H17N5. The average molecular weight is 315 g/mol. The van der Waals surface area contributed by atoms with Gasteiger partial charge in [-0.15, -0.1) is 0 Å². The lowest BCUT2D eigenvalue weighted by Crippen LogP contribution is -1.90. The largest absolute Gasteiger partial charge is 0.388 e. The summed E-state index contributed by atoms with van der Waals surface area (Å²) in [5, 5.41) is 3.13. The quantitative estimate of drug-likeness (QED) is 0.599. The van der Waals surface area contributed by atoms with Crippen molar-refractivity contribution in [3.63, 3.8) is 0 Å². The molecule has 0 bridgehead atoms. The molecule has 0 aliphatic heterocycles. The zero-order valence-electron chi connectivity index (χ0n) is 13.3. The summed E-state index contributed by atoms with van der Waals surface area (Å²) in [6.07, 6.45) is 7.23. The van der Waals surface area contributed by atoms with Gasteiger partial charge >= 0.3 is 0 Å². The third kappa shape index (κ3) is 2.56. The molecule has 0 atom stereocenters. The van der Waals surface area contributed by atoms with Crippen molar-refractivity contribution in [1.82, 2.24) is 19.5 Å². The van der Waals surface area contributed by atoms with Crippen LogP contribution in [0.15, 0.2) is 73.6 Å². The Morgan fingerprint density at radius 3 is 2.38 bits per heavy atom. The highest BCUT2D eigenvalue weighted by atomic mass is 15.0. The Hall–Kier alpha value is -3.34. The molecule has 4 rings (SSSR count). The average Bonchev–Trinajstić information content (AvgIpc) is 3.34. The van der Waals surface area contributed by atoms with E-state index in [2.05, 4.69) is 68.8 Å². The monoisotopic (exact) mass is 315 g/mol. The first-order valence-electron chi connectivity index (χ1n) is 7.75. The van der Waals surface area contributed by atoms with E-state index in [4.69, 9.17) is 0 Å². The van der Waals surface area contributed by atoms with E-state index in [-0.39, 0.29) is 0 Å². The molecule has 2 N–H and O–H groups in total. The fraction of sp³-hybridized carbons (Fsp3) is 0.0526. The van der Waals surface area contributed by atoms with Gasteiger partial charge in [-0.05, 0) is 24.3 Å². The number of benzene rings is 2. The maximum absolute atomic E-state index is 4.51. The van der Waals surface area contributed by atoms with Crippen molar-refractivity contribution < 1.29 is 0 Å². The summed E-state index contributed by atoms with van der Waals surface area (Å²) in [4.78, 5) is 11.8. The molecule has 0 spiro atoms. The Morgan fingerprint density at radius 1 is 0.958 bits per heavy atom.